The van der Waals surface area contributed by atoms with E-state index in [0.717, 1.165) is 23.6 Å². The lowest BCUT2D eigenvalue weighted by Gasteiger charge is -2.04. The molecule has 3 nitrogen and oxygen atoms in total. The third-order valence-electron chi connectivity index (χ3n) is 2.06. The highest BCUT2D eigenvalue weighted by Gasteiger charge is 2.02. The molecule has 0 amide bonds. The average molecular weight is 221 g/mol. The second-order valence-electron chi connectivity index (χ2n) is 3.98. The Bertz CT molecular complexity index is 403. The van der Waals surface area contributed by atoms with Crippen LogP contribution in [0.2, 0.25) is 0 Å². The number of fused-ring (bicyclic) bond motifs is 1. The van der Waals surface area contributed by atoms with Crippen LogP contribution in [0.3, 0.4) is 0 Å². The van der Waals surface area contributed by atoms with E-state index in [9.17, 15) is 0 Å². The molecule has 0 spiro atoms. The smallest absolute Gasteiger partial charge is 0.108 e. The molecule has 0 saturated heterocycles. The first kappa shape index (κ1) is 10.5. The fourth-order valence-electron chi connectivity index (χ4n) is 1.37. The Morgan fingerprint density at radius 3 is 3.07 bits per heavy atom. The lowest BCUT2D eigenvalue weighted by atomic mass is 10.2. The minimum absolute atomic E-state index is 0.682. The van der Waals surface area contributed by atoms with Crippen LogP contribution in [-0.4, -0.2) is 16.5 Å². The molecule has 2 rings (SSSR count). The summed E-state index contributed by atoms with van der Waals surface area (Å²) < 4.78 is 1.21. The molecule has 0 radical (unpaired) electrons. The van der Waals surface area contributed by atoms with Crippen LogP contribution in [0.4, 0.5) is 0 Å². The third-order valence-corrected chi connectivity index (χ3v) is 3.10. The van der Waals surface area contributed by atoms with Gasteiger partial charge in [0.1, 0.15) is 5.01 Å². The summed E-state index contributed by atoms with van der Waals surface area (Å²) in [7, 11) is 0. The van der Waals surface area contributed by atoms with Crippen LogP contribution in [0.5, 0.6) is 0 Å². The molecular weight excluding hydrogens is 206 g/mol. The lowest BCUT2D eigenvalue weighted by Crippen LogP contribution is -2.18. The molecule has 15 heavy (non-hydrogen) atoms. The number of aromatic nitrogens is 2. The Kier molecular flexibility index (Phi) is 3.28. The van der Waals surface area contributed by atoms with Gasteiger partial charge >= 0.3 is 0 Å². The molecule has 0 aromatic carbocycles. The van der Waals surface area contributed by atoms with Gasteiger partial charge in [-0.3, -0.25) is 4.98 Å². The fourth-order valence-corrected chi connectivity index (χ4v) is 2.28. The van der Waals surface area contributed by atoms with E-state index in [2.05, 4.69) is 29.1 Å². The molecule has 0 aliphatic heterocycles. The molecule has 80 valence electrons. The van der Waals surface area contributed by atoms with Gasteiger partial charge in [-0.1, -0.05) is 13.8 Å². The van der Waals surface area contributed by atoms with Crippen LogP contribution in [0.1, 0.15) is 18.9 Å². The zero-order valence-corrected chi connectivity index (χ0v) is 9.84. The lowest BCUT2D eigenvalue weighted by molar-refractivity contribution is 0.552. The third kappa shape index (κ3) is 2.73. The molecule has 0 fully saturated rings. The number of nitrogens with one attached hydrogen (secondary N) is 1. The van der Waals surface area contributed by atoms with E-state index in [1.54, 1.807) is 11.3 Å². The first-order valence-corrected chi connectivity index (χ1v) is 5.97. The molecule has 2 aromatic heterocycles. The molecule has 0 saturated carbocycles. The number of nitrogens with zero attached hydrogens (tertiary/aromatic N) is 2. The highest BCUT2D eigenvalue weighted by molar-refractivity contribution is 7.18. The van der Waals surface area contributed by atoms with Crippen molar-refractivity contribution >= 4 is 21.6 Å². The van der Waals surface area contributed by atoms with Crippen LogP contribution in [-0.2, 0) is 6.54 Å². The summed E-state index contributed by atoms with van der Waals surface area (Å²) >= 11 is 1.74. The van der Waals surface area contributed by atoms with E-state index in [0.29, 0.717) is 5.92 Å². The number of thiazole rings is 1. The predicted octanol–water partition coefficient (Wildman–Crippen LogP) is 2.44. The zero-order chi connectivity index (χ0) is 10.7. The van der Waals surface area contributed by atoms with E-state index in [4.69, 9.17) is 0 Å². The summed E-state index contributed by atoms with van der Waals surface area (Å²) in [6.45, 7) is 6.30. The fraction of sp³-hybridized carbons (Fsp3) is 0.455. The van der Waals surface area contributed by atoms with Gasteiger partial charge in [-0.25, -0.2) is 4.98 Å². The van der Waals surface area contributed by atoms with Crippen molar-refractivity contribution in [2.75, 3.05) is 6.54 Å². The maximum absolute atomic E-state index is 4.50. The van der Waals surface area contributed by atoms with E-state index in [1.807, 2.05) is 18.5 Å². The van der Waals surface area contributed by atoms with Crippen molar-refractivity contribution in [3.63, 3.8) is 0 Å². The van der Waals surface area contributed by atoms with Crippen LogP contribution in [0.15, 0.2) is 18.5 Å². The molecule has 2 heterocycles. The summed E-state index contributed by atoms with van der Waals surface area (Å²) in [4.78, 5) is 8.56. The SMILES string of the molecule is CC(C)CNCc1nc2cnccc2s1. The topological polar surface area (TPSA) is 37.8 Å². The maximum Gasteiger partial charge on any atom is 0.108 e. The van der Waals surface area contributed by atoms with Crippen LogP contribution < -0.4 is 5.32 Å². The van der Waals surface area contributed by atoms with Gasteiger partial charge in [0, 0.05) is 12.7 Å². The first-order valence-electron chi connectivity index (χ1n) is 5.16. The summed E-state index contributed by atoms with van der Waals surface area (Å²) in [5, 5.41) is 4.53. The predicted molar refractivity (Wildman–Crippen MR) is 64.0 cm³/mol. The van der Waals surface area contributed by atoms with Gasteiger partial charge in [0.15, 0.2) is 0 Å². The maximum atomic E-state index is 4.50. The van der Waals surface area contributed by atoms with Gasteiger partial charge in [0.2, 0.25) is 0 Å². The van der Waals surface area contributed by atoms with Crippen molar-refractivity contribution in [1.29, 1.82) is 0 Å². The largest absolute Gasteiger partial charge is 0.310 e. The highest BCUT2D eigenvalue weighted by atomic mass is 32.1. The van der Waals surface area contributed by atoms with Crippen LogP contribution >= 0.6 is 11.3 Å². The molecule has 0 unspecified atom stereocenters. The van der Waals surface area contributed by atoms with Gasteiger partial charge in [-0.2, -0.15) is 0 Å². The van der Waals surface area contributed by atoms with Gasteiger partial charge in [-0.05, 0) is 18.5 Å². The Morgan fingerprint density at radius 1 is 1.47 bits per heavy atom. The summed E-state index contributed by atoms with van der Waals surface area (Å²) in [6, 6.07) is 2.01. The van der Waals surface area contributed by atoms with Gasteiger partial charge < -0.3 is 5.32 Å². The van der Waals surface area contributed by atoms with Gasteiger partial charge in [0.05, 0.1) is 16.4 Å². The number of rotatable bonds is 4. The molecular formula is C11H15N3S. The van der Waals surface area contributed by atoms with Crippen molar-refractivity contribution in [2.24, 2.45) is 5.92 Å². The molecule has 0 bridgehead atoms. The second-order valence-corrected chi connectivity index (χ2v) is 5.09. The van der Waals surface area contributed by atoms with Crippen molar-refractivity contribution in [2.45, 2.75) is 20.4 Å². The quantitative estimate of drug-likeness (QED) is 0.861. The first-order chi connectivity index (χ1) is 7.25. The standard InChI is InChI=1S/C11H15N3S/c1-8(2)5-13-7-11-14-9-6-12-4-3-10(9)15-11/h3-4,6,8,13H,5,7H2,1-2H3. The molecule has 0 atom stereocenters. The normalized spacial score (nSPS) is 11.4. The summed E-state index contributed by atoms with van der Waals surface area (Å²) in [5.41, 5.74) is 1.00. The minimum Gasteiger partial charge on any atom is -0.310 e. The van der Waals surface area contributed by atoms with Crippen molar-refractivity contribution in [3.8, 4) is 0 Å². The van der Waals surface area contributed by atoms with Gasteiger partial charge in [-0.15, -0.1) is 11.3 Å². The zero-order valence-electron chi connectivity index (χ0n) is 9.03. The summed E-state index contributed by atoms with van der Waals surface area (Å²) in [6.07, 6.45) is 3.63. The monoisotopic (exact) mass is 221 g/mol. The Morgan fingerprint density at radius 2 is 2.33 bits per heavy atom. The van der Waals surface area contributed by atoms with Crippen LogP contribution in [0, 0.1) is 5.92 Å². The van der Waals surface area contributed by atoms with Crippen molar-refractivity contribution in [3.05, 3.63) is 23.5 Å². The Labute approximate surface area is 93.6 Å². The minimum atomic E-state index is 0.682. The molecule has 0 aliphatic carbocycles. The molecule has 4 heteroatoms. The second kappa shape index (κ2) is 4.68. The van der Waals surface area contributed by atoms with Crippen molar-refractivity contribution in [1.82, 2.24) is 15.3 Å². The Hall–Kier alpha value is -1.00. The molecule has 2 aromatic rings. The van der Waals surface area contributed by atoms with E-state index in [-0.39, 0.29) is 0 Å². The molecule has 0 aliphatic rings. The number of hydrogen-bond donors (Lipinski definition) is 1. The molecule has 1 N–H and O–H groups in total. The van der Waals surface area contributed by atoms with E-state index < -0.39 is 0 Å². The number of pyridine rings is 1. The average Bonchev–Trinajstić information content (AvgIpc) is 2.59. The summed E-state index contributed by atoms with van der Waals surface area (Å²) in [5.74, 6) is 0.682. The van der Waals surface area contributed by atoms with E-state index >= 15 is 0 Å². The van der Waals surface area contributed by atoms with Gasteiger partial charge in [0.25, 0.3) is 0 Å². The van der Waals surface area contributed by atoms with Crippen molar-refractivity contribution < 1.29 is 0 Å². The highest BCUT2D eigenvalue weighted by Crippen LogP contribution is 2.20. The Balaban J connectivity index is 2.03. The van der Waals surface area contributed by atoms with E-state index in [1.165, 1.54) is 4.70 Å². The van der Waals surface area contributed by atoms with Crippen LogP contribution in [0.25, 0.3) is 10.2 Å². The number of hydrogen-bond acceptors (Lipinski definition) is 4.